The van der Waals surface area contributed by atoms with E-state index in [1.807, 2.05) is 0 Å². The van der Waals surface area contributed by atoms with Crippen molar-refractivity contribution in [1.29, 1.82) is 0 Å². The Bertz CT molecular complexity index is 270. The van der Waals surface area contributed by atoms with E-state index in [4.69, 9.17) is 5.11 Å². The molecule has 1 aliphatic carbocycles. The molecule has 0 aromatic rings. The van der Waals surface area contributed by atoms with E-state index in [1.54, 1.807) is 0 Å². The molecule has 0 aliphatic heterocycles. The number of nitrogens with one attached hydrogen (secondary N) is 1. The van der Waals surface area contributed by atoms with Gasteiger partial charge >= 0.3 is 5.97 Å². The van der Waals surface area contributed by atoms with Crippen LogP contribution in [0.25, 0.3) is 0 Å². The second-order valence-corrected chi connectivity index (χ2v) is 5.66. The molecule has 2 unspecified atom stereocenters. The van der Waals surface area contributed by atoms with Gasteiger partial charge in [0.25, 0.3) is 0 Å². The second-order valence-electron chi connectivity index (χ2n) is 4.68. The van der Waals surface area contributed by atoms with Crippen molar-refractivity contribution in [3.8, 4) is 0 Å². The summed E-state index contributed by atoms with van der Waals surface area (Å²) in [7, 11) is 0. The lowest BCUT2D eigenvalue weighted by Gasteiger charge is -2.22. The molecule has 1 rings (SSSR count). The van der Waals surface area contributed by atoms with Gasteiger partial charge in [0.2, 0.25) is 5.91 Å². The quantitative estimate of drug-likeness (QED) is 0.740. The van der Waals surface area contributed by atoms with Gasteiger partial charge in [0.15, 0.2) is 0 Å². The van der Waals surface area contributed by atoms with Crippen molar-refractivity contribution >= 4 is 23.6 Å². The average molecular weight is 259 g/mol. The van der Waals surface area contributed by atoms with Crippen LogP contribution in [-0.4, -0.2) is 34.5 Å². The Morgan fingerprint density at radius 2 is 1.94 bits per heavy atom. The number of carbonyl (C=O) groups excluding carboxylic acids is 1. The van der Waals surface area contributed by atoms with Gasteiger partial charge in [-0.1, -0.05) is 26.2 Å². The number of carboxylic acid groups (broad SMARTS) is 1. The number of rotatable bonds is 5. The second kappa shape index (κ2) is 7.58. The molecular formula is C12H21NO3S. The normalized spacial score (nSPS) is 25.0. The lowest BCUT2D eigenvalue weighted by Crippen LogP contribution is -2.39. The van der Waals surface area contributed by atoms with Crippen molar-refractivity contribution in [2.75, 3.05) is 11.5 Å². The van der Waals surface area contributed by atoms with E-state index in [1.165, 1.54) is 25.7 Å². The van der Waals surface area contributed by atoms with Gasteiger partial charge in [-0.3, -0.25) is 9.59 Å². The van der Waals surface area contributed by atoms with Gasteiger partial charge in [-0.25, -0.2) is 0 Å². The highest BCUT2D eigenvalue weighted by atomic mass is 32.2. The van der Waals surface area contributed by atoms with E-state index in [9.17, 15) is 9.59 Å². The first kappa shape index (κ1) is 14.4. The molecule has 0 radical (unpaired) electrons. The summed E-state index contributed by atoms with van der Waals surface area (Å²) in [6.45, 7) is 2.18. The fraction of sp³-hybridized carbons (Fsp3) is 0.833. The Kier molecular flexibility index (Phi) is 6.40. The van der Waals surface area contributed by atoms with Crippen molar-refractivity contribution in [2.24, 2.45) is 5.92 Å². The van der Waals surface area contributed by atoms with Crippen LogP contribution in [0.1, 0.15) is 39.0 Å². The molecule has 98 valence electrons. The zero-order valence-corrected chi connectivity index (χ0v) is 11.1. The number of carboxylic acids is 1. The van der Waals surface area contributed by atoms with Crippen LogP contribution in [-0.2, 0) is 9.59 Å². The molecule has 1 fully saturated rings. The van der Waals surface area contributed by atoms with Crippen LogP contribution in [0, 0.1) is 5.92 Å². The van der Waals surface area contributed by atoms with Crippen LogP contribution < -0.4 is 5.32 Å². The highest BCUT2D eigenvalue weighted by Gasteiger charge is 2.21. The van der Waals surface area contributed by atoms with Gasteiger partial charge in [-0.2, -0.15) is 0 Å². The van der Waals surface area contributed by atoms with Crippen LogP contribution >= 0.6 is 11.8 Å². The van der Waals surface area contributed by atoms with Crippen LogP contribution in [0.15, 0.2) is 0 Å². The van der Waals surface area contributed by atoms with E-state index in [0.29, 0.717) is 5.92 Å². The standard InChI is InChI=1S/C12H21NO3S/c1-9-5-3-2-4-6-10(9)13-11(14)7-17-8-12(15)16/h9-10H,2-8H2,1H3,(H,13,14)(H,15,16). The first-order chi connectivity index (χ1) is 8.09. The van der Waals surface area contributed by atoms with Crippen LogP contribution in [0.4, 0.5) is 0 Å². The maximum Gasteiger partial charge on any atom is 0.313 e. The van der Waals surface area contributed by atoms with E-state index in [2.05, 4.69) is 12.2 Å². The van der Waals surface area contributed by atoms with Crippen LogP contribution in [0.3, 0.4) is 0 Å². The number of aliphatic carboxylic acids is 1. The lowest BCUT2D eigenvalue weighted by molar-refractivity contribution is -0.133. The Morgan fingerprint density at radius 1 is 1.24 bits per heavy atom. The first-order valence-corrected chi connectivity index (χ1v) is 7.34. The third-order valence-electron chi connectivity index (χ3n) is 3.17. The summed E-state index contributed by atoms with van der Waals surface area (Å²) in [4.78, 5) is 21.9. The van der Waals surface area contributed by atoms with Crippen molar-refractivity contribution in [1.82, 2.24) is 5.32 Å². The summed E-state index contributed by atoms with van der Waals surface area (Å²) in [5.74, 6) is -0.130. The van der Waals surface area contributed by atoms with E-state index >= 15 is 0 Å². The molecule has 0 bridgehead atoms. The minimum atomic E-state index is -0.870. The summed E-state index contributed by atoms with van der Waals surface area (Å²) in [6.07, 6.45) is 5.91. The number of amides is 1. The SMILES string of the molecule is CC1CCCCCC1NC(=O)CSCC(=O)O. The molecule has 0 aromatic carbocycles. The predicted molar refractivity (Wildman–Crippen MR) is 69.1 cm³/mol. The minimum Gasteiger partial charge on any atom is -0.481 e. The molecule has 1 amide bonds. The smallest absolute Gasteiger partial charge is 0.313 e. The number of hydrogen-bond acceptors (Lipinski definition) is 3. The third kappa shape index (κ3) is 5.96. The molecule has 1 aliphatic rings. The Morgan fingerprint density at radius 3 is 2.65 bits per heavy atom. The van der Waals surface area contributed by atoms with Gasteiger partial charge < -0.3 is 10.4 Å². The third-order valence-corrected chi connectivity index (χ3v) is 4.08. The molecule has 0 aromatic heterocycles. The van der Waals surface area contributed by atoms with Gasteiger partial charge in [0.1, 0.15) is 0 Å². The highest BCUT2D eigenvalue weighted by molar-refractivity contribution is 8.00. The summed E-state index contributed by atoms with van der Waals surface area (Å²) in [5, 5.41) is 11.5. The van der Waals surface area contributed by atoms with E-state index in [-0.39, 0.29) is 23.5 Å². The molecule has 17 heavy (non-hydrogen) atoms. The van der Waals surface area contributed by atoms with E-state index in [0.717, 1.165) is 18.2 Å². The molecule has 0 saturated heterocycles. The molecule has 5 heteroatoms. The van der Waals surface area contributed by atoms with Gasteiger partial charge in [-0.05, 0) is 18.8 Å². The zero-order chi connectivity index (χ0) is 12.7. The summed E-state index contributed by atoms with van der Waals surface area (Å²) in [6, 6.07) is 0.274. The summed E-state index contributed by atoms with van der Waals surface area (Å²) < 4.78 is 0. The maximum atomic E-state index is 11.6. The minimum absolute atomic E-state index is 0.00631. The van der Waals surface area contributed by atoms with Crippen molar-refractivity contribution < 1.29 is 14.7 Å². The maximum absolute atomic E-state index is 11.6. The Balaban J connectivity index is 2.26. The summed E-state index contributed by atoms with van der Waals surface area (Å²) >= 11 is 1.15. The number of carbonyl (C=O) groups is 2. The number of thioether (sulfide) groups is 1. The zero-order valence-electron chi connectivity index (χ0n) is 10.3. The molecule has 1 saturated carbocycles. The predicted octanol–water partition coefficient (Wildman–Crippen LogP) is 1.89. The largest absolute Gasteiger partial charge is 0.481 e. The molecular weight excluding hydrogens is 238 g/mol. The topological polar surface area (TPSA) is 66.4 Å². The summed E-state index contributed by atoms with van der Waals surface area (Å²) in [5.41, 5.74) is 0. The van der Waals surface area contributed by atoms with Gasteiger partial charge in [-0.15, -0.1) is 11.8 Å². The molecule has 2 atom stereocenters. The lowest BCUT2D eigenvalue weighted by atomic mass is 9.97. The molecule has 0 spiro atoms. The first-order valence-electron chi connectivity index (χ1n) is 6.18. The fourth-order valence-corrected chi connectivity index (χ4v) is 2.73. The monoisotopic (exact) mass is 259 g/mol. The Hall–Kier alpha value is -0.710. The van der Waals surface area contributed by atoms with Crippen molar-refractivity contribution in [3.05, 3.63) is 0 Å². The molecule has 2 N–H and O–H groups in total. The highest BCUT2D eigenvalue weighted by Crippen LogP contribution is 2.22. The molecule has 4 nitrogen and oxygen atoms in total. The van der Waals surface area contributed by atoms with Crippen molar-refractivity contribution in [3.63, 3.8) is 0 Å². The van der Waals surface area contributed by atoms with Gasteiger partial charge in [0, 0.05) is 6.04 Å². The fourth-order valence-electron chi connectivity index (χ4n) is 2.19. The van der Waals surface area contributed by atoms with Crippen LogP contribution in [0.5, 0.6) is 0 Å². The average Bonchev–Trinajstić information content (AvgIpc) is 2.44. The molecule has 0 heterocycles. The Labute approximate surface area is 107 Å². The van der Waals surface area contributed by atoms with Gasteiger partial charge in [0.05, 0.1) is 11.5 Å². The van der Waals surface area contributed by atoms with Crippen molar-refractivity contribution in [2.45, 2.75) is 45.1 Å². The van der Waals surface area contributed by atoms with Crippen LogP contribution in [0.2, 0.25) is 0 Å². The number of hydrogen-bond donors (Lipinski definition) is 2. The van der Waals surface area contributed by atoms with E-state index < -0.39 is 5.97 Å².